The molecule has 0 amide bonds. The lowest BCUT2D eigenvalue weighted by atomic mass is 10.2. The van der Waals surface area contributed by atoms with Crippen molar-refractivity contribution in [1.29, 1.82) is 0 Å². The molecular weight excluding hydrogens is 205 g/mol. The second kappa shape index (κ2) is 3.15. The van der Waals surface area contributed by atoms with Crippen molar-refractivity contribution in [2.75, 3.05) is 0 Å². The van der Waals surface area contributed by atoms with Crippen LogP contribution in [-0.2, 0) is 5.54 Å². The second-order valence-electron chi connectivity index (χ2n) is 4.31. The van der Waals surface area contributed by atoms with E-state index in [9.17, 15) is 4.39 Å². The smallest absolute Gasteiger partial charge is 0.126 e. The van der Waals surface area contributed by atoms with Crippen molar-refractivity contribution in [3.63, 3.8) is 0 Å². The highest BCUT2D eigenvalue weighted by atomic mass is 19.1. The van der Waals surface area contributed by atoms with E-state index in [1.54, 1.807) is 12.3 Å². The average molecular weight is 217 g/mol. The van der Waals surface area contributed by atoms with Gasteiger partial charge in [0.25, 0.3) is 0 Å². The third kappa shape index (κ3) is 1.51. The third-order valence-electron chi connectivity index (χ3n) is 2.97. The topological polar surface area (TPSA) is 54.7 Å². The van der Waals surface area contributed by atoms with Gasteiger partial charge in [0.05, 0.1) is 17.4 Å². The van der Waals surface area contributed by atoms with Gasteiger partial charge in [0, 0.05) is 5.56 Å². The molecule has 1 fully saturated rings. The fourth-order valence-electron chi connectivity index (χ4n) is 1.75. The first-order valence-electron chi connectivity index (χ1n) is 5.28. The number of imidazole rings is 1. The highest BCUT2D eigenvalue weighted by Gasteiger charge is 2.42. The van der Waals surface area contributed by atoms with Crippen LogP contribution in [0.1, 0.15) is 18.7 Å². The highest BCUT2D eigenvalue weighted by molar-refractivity contribution is 5.58. The lowest BCUT2D eigenvalue weighted by Crippen LogP contribution is -2.20. The molecular formula is C12H12FN3. The molecule has 0 saturated heterocycles. The van der Waals surface area contributed by atoms with Crippen LogP contribution in [0.3, 0.4) is 0 Å². The number of nitrogens with zero attached hydrogens (tertiary/aromatic N) is 1. The van der Waals surface area contributed by atoms with E-state index >= 15 is 0 Å². The van der Waals surface area contributed by atoms with Gasteiger partial charge in [-0.05, 0) is 25.0 Å². The fourth-order valence-corrected chi connectivity index (χ4v) is 1.75. The summed E-state index contributed by atoms with van der Waals surface area (Å²) < 4.78 is 13.0. The maximum Gasteiger partial charge on any atom is 0.126 e. The zero-order chi connectivity index (χ0) is 11.2. The number of benzene rings is 1. The van der Waals surface area contributed by atoms with E-state index in [4.69, 9.17) is 5.73 Å². The molecule has 1 aromatic carbocycles. The Bertz CT molecular complexity index is 529. The zero-order valence-electron chi connectivity index (χ0n) is 8.70. The number of rotatable bonds is 2. The largest absolute Gasteiger partial charge is 0.340 e. The molecule has 1 aromatic heterocycles. The van der Waals surface area contributed by atoms with Crippen LogP contribution in [0.5, 0.6) is 0 Å². The van der Waals surface area contributed by atoms with E-state index < -0.39 is 0 Å². The number of hydrogen-bond acceptors (Lipinski definition) is 2. The molecule has 0 unspecified atom stereocenters. The van der Waals surface area contributed by atoms with Gasteiger partial charge in [-0.1, -0.05) is 12.1 Å². The van der Waals surface area contributed by atoms with Crippen LogP contribution in [0.15, 0.2) is 30.5 Å². The predicted octanol–water partition coefficient (Wildman–Crippen LogP) is 2.16. The summed E-state index contributed by atoms with van der Waals surface area (Å²) in [5, 5.41) is 0. The van der Waals surface area contributed by atoms with Crippen LogP contribution in [0, 0.1) is 5.82 Å². The summed E-state index contributed by atoms with van der Waals surface area (Å²) in [6.07, 6.45) is 3.63. The molecule has 1 aliphatic carbocycles. The van der Waals surface area contributed by atoms with Gasteiger partial charge in [-0.3, -0.25) is 0 Å². The number of nitrogens with one attached hydrogen (secondary N) is 1. The summed E-state index contributed by atoms with van der Waals surface area (Å²) in [6, 6.07) is 6.43. The van der Waals surface area contributed by atoms with Gasteiger partial charge >= 0.3 is 0 Å². The highest BCUT2D eigenvalue weighted by Crippen LogP contribution is 2.41. The minimum Gasteiger partial charge on any atom is -0.340 e. The van der Waals surface area contributed by atoms with E-state index in [2.05, 4.69) is 9.97 Å². The number of aromatic nitrogens is 2. The molecule has 1 saturated carbocycles. The van der Waals surface area contributed by atoms with Crippen molar-refractivity contribution in [2.45, 2.75) is 18.4 Å². The summed E-state index contributed by atoms with van der Waals surface area (Å²) >= 11 is 0. The Morgan fingerprint density at radius 1 is 1.38 bits per heavy atom. The van der Waals surface area contributed by atoms with Crippen molar-refractivity contribution in [2.24, 2.45) is 5.73 Å². The lowest BCUT2D eigenvalue weighted by molar-refractivity contribution is 0.628. The maximum absolute atomic E-state index is 13.0. The molecule has 0 radical (unpaired) electrons. The number of H-pyrrole nitrogens is 1. The quantitative estimate of drug-likeness (QED) is 0.809. The SMILES string of the molecule is NC1(c2ncc(-c3cccc(F)c3)[nH]2)CC1. The number of aromatic amines is 1. The molecule has 1 aliphatic rings. The molecule has 0 bridgehead atoms. The van der Waals surface area contributed by atoms with E-state index in [0.717, 1.165) is 29.9 Å². The van der Waals surface area contributed by atoms with E-state index in [1.807, 2.05) is 6.07 Å². The zero-order valence-corrected chi connectivity index (χ0v) is 8.70. The second-order valence-corrected chi connectivity index (χ2v) is 4.31. The summed E-state index contributed by atoms with van der Waals surface area (Å²) in [5.74, 6) is 0.550. The molecule has 0 spiro atoms. The Morgan fingerprint density at radius 3 is 2.88 bits per heavy atom. The number of halogens is 1. The Balaban J connectivity index is 1.98. The molecule has 0 aliphatic heterocycles. The van der Waals surface area contributed by atoms with Crippen molar-refractivity contribution in [3.8, 4) is 11.3 Å². The molecule has 1 heterocycles. The first kappa shape index (κ1) is 9.54. The first-order valence-corrected chi connectivity index (χ1v) is 5.28. The van der Waals surface area contributed by atoms with Crippen LogP contribution in [0.25, 0.3) is 11.3 Å². The minimum absolute atomic E-state index is 0.248. The lowest BCUT2D eigenvalue weighted by Gasteiger charge is -2.03. The summed E-state index contributed by atoms with van der Waals surface area (Å²) in [6.45, 7) is 0. The van der Waals surface area contributed by atoms with Gasteiger partial charge < -0.3 is 10.7 Å². The molecule has 82 valence electrons. The molecule has 3 rings (SSSR count). The van der Waals surface area contributed by atoms with Gasteiger partial charge in [0.2, 0.25) is 0 Å². The third-order valence-corrected chi connectivity index (χ3v) is 2.97. The summed E-state index contributed by atoms with van der Waals surface area (Å²) in [5.41, 5.74) is 7.35. The van der Waals surface area contributed by atoms with E-state index in [1.165, 1.54) is 12.1 Å². The Labute approximate surface area is 92.5 Å². The first-order chi connectivity index (χ1) is 7.67. The predicted molar refractivity (Wildman–Crippen MR) is 59.1 cm³/mol. The molecule has 4 heteroatoms. The van der Waals surface area contributed by atoms with Crippen LogP contribution < -0.4 is 5.73 Å². The van der Waals surface area contributed by atoms with E-state index in [0.29, 0.717) is 0 Å². The monoisotopic (exact) mass is 217 g/mol. The van der Waals surface area contributed by atoms with Crippen LogP contribution in [0.2, 0.25) is 0 Å². The van der Waals surface area contributed by atoms with Crippen LogP contribution in [-0.4, -0.2) is 9.97 Å². The van der Waals surface area contributed by atoms with Gasteiger partial charge in [-0.2, -0.15) is 0 Å². The van der Waals surface area contributed by atoms with Crippen LogP contribution in [0.4, 0.5) is 4.39 Å². The van der Waals surface area contributed by atoms with E-state index in [-0.39, 0.29) is 11.4 Å². The normalized spacial score (nSPS) is 17.4. The van der Waals surface area contributed by atoms with Gasteiger partial charge in [-0.15, -0.1) is 0 Å². The fraction of sp³-hybridized carbons (Fsp3) is 0.250. The molecule has 0 atom stereocenters. The summed E-state index contributed by atoms with van der Waals surface area (Å²) in [4.78, 5) is 7.41. The van der Waals surface area contributed by atoms with Crippen molar-refractivity contribution < 1.29 is 4.39 Å². The van der Waals surface area contributed by atoms with Gasteiger partial charge in [0.1, 0.15) is 11.6 Å². The van der Waals surface area contributed by atoms with Crippen molar-refractivity contribution in [1.82, 2.24) is 9.97 Å². The van der Waals surface area contributed by atoms with Crippen molar-refractivity contribution >= 4 is 0 Å². The number of hydrogen-bond donors (Lipinski definition) is 2. The van der Waals surface area contributed by atoms with Gasteiger partial charge in [-0.25, -0.2) is 9.37 Å². The Morgan fingerprint density at radius 2 is 2.19 bits per heavy atom. The standard InChI is InChI=1S/C12H12FN3/c13-9-3-1-2-8(6-9)10-7-15-11(16-10)12(14)4-5-12/h1-3,6-7H,4-5,14H2,(H,15,16). The molecule has 2 aromatic rings. The molecule has 3 nitrogen and oxygen atoms in total. The number of nitrogens with two attached hydrogens (primary N) is 1. The Kier molecular flexibility index (Phi) is 1.88. The Hall–Kier alpha value is -1.68. The maximum atomic E-state index is 13.0. The summed E-state index contributed by atoms with van der Waals surface area (Å²) in [7, 11) is 0. The minimum atomic E-state index is -0.272. The average Bonchev–Trinajstić information content (AvgIpc) is 2.83. The van der Waals surface area contributed by atoms with Crippen molar-refractivity contribution in [3.05, 3.63) is 42.1 Å². The molecule has 3 N–H and O–H groups in total. The van der Waals surface area contributed by atoms with Gasteiger partial charge in [0.15, 0.2) is 0 Å². The molecule has 16 heavy (non-hydrogen) atoms. The van der Waals surface area contributed by atoms with Crippen LogP contribution >= 0.6 is 0 Å².